The molecule has 0 saturated carbocycles. The van der Waals surface area contributed by atoms with Crippen LogP contribution in [0.25, 0.3) is 0 Å². The van der Waals surface area contributed by atoms with Crippen molar-refractivity contribution >= 4 is 17.8 Å². The minimum atomic E-state index is -1.06. The quantitative estimate of drug-likeness (QED) is 0.0370. The summed E-state index contributed by atoms with van der Waals surface area (Å²) in [6.45, 7) is 3.93. The number of carboxylic acid groups (broad SMARTS) is 1. The molecule has 0 aliphatic carbocycles. The van der Waals surface area contributed by atoms with Crippen LogP contribution < -0.4 is 5.32 Å². The highest BCUT2D eigenvalue weighted by Crippen LogP contribution is 2.15. The summed E-state index contributed by atoms with van der Waals surface area (Å²) in [6.07, 6.45) is 63.7. The molecule has 56 heavy (non-hydrogen) atoms. The summed E-state index contributed by atoms with van der Waals surface area (Å²) < 4.78 is 5.84. The fraction of sp³-hybridized carbons (Fsp3) is 0.580. The number of allylic oxidation sites excluding steroid dienone is 17. The van der Waals surface area contributed by atoms with Gasteiger partial charge >= 0.3 is 11.9 Å². The molecule has 0 aliphatic rings. The number of carbonyl (C=O) groups excluding carboxylic acids is 2. The van der Waals surface area contributed by atoms with Crippen LogP contribution in [0.2, 0.25) is 0 Å². The molecule has 314 valence electrons. The normalized spacial score (nSPS) is 13.2. The van der Waals surface area contributed by atoms with Gasteiger partial charge in [-0.05, 0) is 102 Å². The second-order valence-electron chi connectivity index (χ2n) is 14.2. The van der Waals surface area contributed by atoms with Crippen molar-refractivity contribution in [2.45, 2.75) is 180 Å². The van der Waals surface area contributed by atoms with Crippen molar-refractivity contribution in [1.29, 1.82) is 0 Å². The average molecular weight is 774 g/mol. The molecule has 0 aliphatic heterocycles. The Labute approximate surface area is 342 Å². The predicted octanol–water partition coefficient (Wildman–Crippen LogP) is 13.9. The molecule has 0 radical (unpaired) electrons. The molecule has 0 rings (SSSR count). The molecule has 0 aromatic heterocycles. The SMILES string of the molecule is CC/C=C\C/C=C\C/C=C\C/C=C\C/C=C\C(CCCCC(=O)NCC(=O)O)OC(=O)CCCCCCCCCCCC/C=C\C/C=C\C/C=C\C/C=C\CC. The van der Waals surface area contributed by atoms with Gasteiger partial charge in [-0.1, -0.05) is 169 Å². The van der Waals surface area contributed by atoms with E-state index in [4.69, 9.17) is 9.84 Å². The largest absolute Gasteiger partial charge is 0.480 e. The summed E-state index contributed by atoms with van der Waals surface area (Å²) in [7, 11) is 0. The molecular formula is C50H79NO5. The van der Waals surface area contributed by atoms with Crippen LogP contribution in [-0.2, 0) is 19.1 Å². The number of unbranched alkanes of at least 4 members (excludes halogenated alkanes) is 11. The van der Waals surface area contributed by atoms with E-state index in [0.717, 1.165) is 77.0 Å². The van der Waals surface area contributed by atoms with E-state index in [1.54, 1.807) is 0 Å². The van der Waals surface area contributed by atoms with Gasteiger partial charge in [0.05, 0.1) is 0 Å². The molecule has 1 amide bonds. The molecule has 6 heteroatoms. The fourth-order valence-electron chi connectivity index (χ4n) is 5.74. The lowest BCUT2D eigenvalue weighted by molar-refractivity contribution is -0.147. The number of nitrogens with one attached hydrogen (secondary N) is 1. The molecule has 1 unspecified atom stereocenters. The zero-order valence-electron chi connectivity index (χ0n) is 35.4. The Morgan fingerprint density at radius 3 is 1.34 bits per heavy atom. The standard InChI is InChI=1S/C50H79NO5/c1-3-5-7-9-11-13-15-17-19-20-21-22-23-24-25-26-27-29-31-33-35-37-39-45-50(55)56-47(43-40-41-44-48(52)51-46-49(53)54)42-38-36-34-32-30-28-18-16-14-12-10-8-6-4-2/h5-8,11-14,17-19,21-22,28,32,34,38,42,47H,3-4,9-10,15-16,20,23-27,29-31,33,35-37,39-41,43-46H2,1-2H3,(H,51,52)(H,53,54)/b7-5-,8-6-,13-11-,14-12-,19-17-,22-21-,28-18-,34-32-,42-38-. The first-order valence-electron chi connectivity index (χ1n) is 22.0. The summed E-state index contributed by atoms with van der Waals surface area (Å²) >= 11 is 0. The minimum Gasteiger partial charge on any atom is -0.480 e. The highest BCUT2D eigenvalue weighted by atomic mass is 16.5. The van der Waals surface area contributed by atoms with Gasteiger partial charge < -0.3 is 15.2 Å². The third-order valence-electron chi connectivity index (χ3n) is 8.92. The maximum atomic E-state index is 12.7. The zero-order valence-corrected chi connectivity index (χ0v) is 35.4. The molecule has 0 heterocycles. The first kappa shape index (κ1) is 52.1. The molecule has 0 aromatic rings. The van der Waals surface area contributed by atoms with Crippen molar-refractivity contribution in [3.05, 3.63) is 109 Å². The molecule has 0 saturated heterocycles. The van der Waals surface area contributed by atoms with Crippen molar-refractivity contribution < 1.29 is 24.2 Å². The molecule has 0 aromatic carbocycles. The summed E-state index contributed by atoms with van der Waals surface area (Å²) in [4.78, 5) is 35.2. The second kappa shape index (κ2) is 43.8. The van der Waals surface area contributed by atoms with Crippen molar-refractivity contribution in [2.24, 2.45) is 0 Å². The highest BCUT2D eigenvalue weighted by Gasteiger charge is 2.12. The van der Waals surface area contributed by atoms with Crippen LogP contribution >= 0.6 is 0 Å². The number of ether oxygens (including phenoxy) is 1. The van der Waals surface area contributed by atoms with Crippen molar-refractivity contribution in [1.82, 2.24) is 5.32 Å². The number of aliphatic carboxylic acids is 1. The summed E-state index contributed by atoms with van der Waals surface area (Å²) in [6, 6.07) is 0. The van der Waals surface area contributed by atoms with E-state index in [0.29, 0.717) is 25.7 Å². The van der Waals surface area contributed by atoms with Crippen LogP contribution in [0.5, 0.6) is 0 Å². The molecule has 0 bridgehead atoms. The smallest absolute Gasteiger partial charge is 0.322 e. The first-order chi connectivity index (χ1) is 27.5. The van der Waals surface area contributed by atoms with E-state index in [2.05, 4.69) is 116 Å². The monoisotopic (exact) mass is 774 g/mol. The van der Waals surface area contributed by atoms with Gasteiger partial charge in [-0.15, -0.1) is 0 Å². The van der Waals surface area contributed by atoms with E-state index < -0.39 is 5.97 Å². The minimum absolute atomic E-state index is 0.166. The van der Waals surface area contributed by atoms with Gasteiger partial charge in [0.25, 0.3) is 0 Å². The van der Waals surface area contributed by atoms with Gasteiger partial charge in [0.2, 0.25) is 5.91 Å². The first-order valence-corrected chi connectivity index (χ1v) is 22.0. The Morgan fingerprint density at radius 1 is 0.482 bits per heavy atom. The zero-order chi connectivity index (χ0) is 40.8. The Bertz CT molecular complexity index is 1220. The Hall–Kier alpha value is -3.93. The van der Waals surface area contributed by atoms with Crippen LogP contribution in [0.1, 0.15) is 174 Å². The lowest BCUT2D eigenvalue weighted by Gasteiger charge is -2.14. The molecule has 6 nitrogen and oxygen atoms in total. The van der Waals surface area contributed by atoms with E-state index in [1.165, 1.54) is 51.4 Å². The van der Waals surface area contributed by atoms with Gasteiger partial charge in [0.1, 0.15) is 12.6 Å². The summed E-state index contributed by atoms with van der Waals surface area (Å²) in [5, 5.41) is 11.1. The summed E-state index contributed by atoms with van der Waals surface area (Å²) in [5.74, 6) is -1.50. The number of amides is 1. The number of carbonyl (C=O) groups is 3. The van der Waals surface area contributed by atoms with Gasteiger partial charge in [-0.2, -0.15) is 0 Å². The Kier molecular flexibility index (Phi) is 40.7. The topological polar surface area (TPSA) is 92.7 Å². The predicted molar refractivity (Wildman–Crippen MR) is 240 cm³/mol. The van der Waals surface area contributed by atoms with Crippen molar-refractivity contribution in [2.75, 3.05) is 6.54 Å². The maximum absolute atomic E-state index is 12.7. The number of hydrogen-bond donors (Lipinski definition) is 2. The third-order valence-corrected chi connectivity index (χ3v) is 8.92. The van der Waals surface area contributed by atoms with E-state index in [-0.39, 0.29) is 30.9 Å². The summed E-state index contributed by atoms with van der Waals surface area (Å²) in [5.41, 5.74) is 0. The molecule has 1 atom stereocenters. The third kappa shape index (κ3) is 42.8. The van der Waals surface area contributed by atoms with Gasteiger partial charge in [-0.3, -0.25) is 14.4 Å². The van der Waals surface area contributed by atoms with Crippen LogP contribution in [0.3, 0.4) is 0 Å². The fourth-order valence-corrected chi connectivity index (χ4v) is 5.74. The van der Waals surface area contributed by atoms with E-state index >= 15 is 0 Å². The number of rotatable bonds is 38. The van der Waals surface area contributed by atoms with Gasteiger partial charge in [0.15, 0.2) is 0 Å². The Morgan fingerprint density at radius 2 is 0.875 bits per heavy atom. The van der Waals surface area contributed by atoms with Crippen LogP contribution in [0.4, 0.5) is 0 Å². The van der Waals surface area contributed by atoms with Crippen molar-refractivity contribution in [3.63, 3.8) is 0 Å². The highest BCUT2D eigenvalue weighted by molar-refractivity contribution is 5.81. The van der Waals surface area contributed by atoms with Crippen molar-refractivity contribution in [3.8, 4) is 0 Å². The van der Waals surface area contributed by atoms with E-state index in [1.807, 2.05) is 12.2 Å². The van der Waals surface area contributed by atoms with Crippen LogP contribution in [0, 0.1) is 0 Å². The lowest BCUT2D eigenvalue weighted by Crippen LogP contribution is -2.28. The Balaban J connectivity index is 4.19. The van der Waals surface area contributed by atoms with Gasteiger partial charge in [-0.25, -0.2) is 0 Å². The number of esters is 1. The molecule has 2 N–H and O–H groups in total. The number of hydrogen-bond acceptors (Lipinski definition) is 4. The number of carboxylic acids is 1. The maximum Gasteiger partial charge on any atom is 0.322 e. The molecule has 0 spiro atoms. The van der Waals surface area contributed by atoms with Gasteiger partial charge in [0, 0.05) is 12.8 Å². The lowest BCUT2D eigenvalue weighted by atomic mass is 10.0. The van der Waals surface area contributed by atoms with Crippen LogP contribution in [0.15, 0.2) is 109 Å². The molecule has 0 fully saturated rings. The van der Waals surface area contributed by atoms with Crippen LogP contribution in [-0.4, -0.2) is 35.6 Å². The van der Waals surface area contributed by atoms with E-state index in [9.17, 15) is 14.4 Å². The second-order valence-corrected chi connectivity index (χ2v) is 14.2. The molecular weight excluding hydrogens is 695 g/mol. The average Bonchev–Trinajstić information content (AvgIpc) is 3.18.